The van der Waals surface area contributed by atoms with Gasteiger partial charge >= 0.3 is 0 Å². The van der Waals surface area contributed by atoms with Gasteiger partial charge in [-0.2, -0.15) is 9.40 Å². The first-order valence-corrected chi connectivity index (χ1v) is 10.8. The van der Waals surface area contributed by atoms with Crippen LogP contribution in [0.25, 0.3) is 0 Å². The van der Waals surface area contributed by atoms with Crippen molar-refractivity contribution in [3.63, 3.8) is 0 Å². The molecule has 0 spiro atoms. The summed E-state index contributed by atoms with van der Waals surface area (Å²) in [6.07, 6.45) is 6.43. The minimum Gasteiger partial charge on any atom is -0.381 e. The Morgan fingerprint density at radius 3 is 2.69 bits per heavy atom. The number of aromatic nitrogens is 2. The van der Waals surface area contributed by atoms with Crippen molar-refractivity contribution in [1.82, 2.24) is 14.1 Å². The molecule has 1 atom stereocenters. The van der Waals surface area contributed by atoms with E-state index in [-0.39, 0.29) is 17.0 Å². The molecule has 2 fully saturated rings. The van der Waals surface area contributed by atoms with Gasteiger partial charge in [0, 0.05) is 31.0 Å². The van der Waals surface area contributed by atoms with E-state index in [1.165, 1.54) is 6.20 Å². The van der Waals surface area contributed by atoms with Gasteiger partial charge in [-0.05, 0) is 37.3 Å². The lowest BCUT2D eigenvalue weighted by Crippen LogP contribution is -2.30. The van der Waals surface area contributed by atoms with Crippen molar-refractivity contribution in [3.8, 4) is 0 Å². The van der Waals surface area contributed by atoms with Crippen LogP contribution in [0.2, 0.25) is 5.02 Å². The fourth-order valence-electron chi connectivity index (χ4n) is 3.82. The number of ether oxygens (including phenoxy) is 1. The number of rotatable bonds is 4. The van der Waals surface area contributed by atoms with E-state index >= 15 is 0 Å². The Hall–Kier alpha value is -1.41. The van der Waals surface area contributed by atoms with E-state index in [1.54, 1.807) is 15.2 Å². The summed E-state index contributed by atoms with van der Waals surface area (Å²) in [4.78, 5) is 0.253. The van der Waals surface area contributed by atoms with Crippen LogP contribution >= 0.6 is 11.6 Å². The van der Waals surface area contributed by atoms with Crippen LogP contribution in [0, 0.1) is 0 Å². The summed E-state index contributed by atoms with van der Waals surface area (Å²) in [5.41, 5.74) is 0.868. The topological polar surface area (TPSA) is 64.4 Å². The Bertz CT molecular complexity index is 877. The van der Waals surface area contributed by atoms with Crippen LogP contribution in [0.4, 0.5) is 0 Å². The molecule has 2 saturated heterocycles. The number of hydrogen-bond acceptors (Lipinski definition) is 4. The first-order valence-electron chi connectivity index (χ1n) is 8.95. The summed E-state index contributed by atoms with van der Waals surface area (Å²) in [6.45, 7) is 1.88. The van der Waals surface area contributed by atoms with Gasteiger partial charge in [-0.15, -0.1) is 0 Å². The molecule has 3 heterocycles. The van der Waals surface area contributed by atoms with Gasteiger partial charge < -0.3 is 4.74 Å². The van der Waals surface area contributed by atoms with Crippen molar-refractivity contribution < 1.29 is 13.2 Å². The third-order valence-electron chi connectivity index (χ3n) is 5.22. The van der Waals surface area contributed by atoms with E-state index in [0.29, 0.717) is 24.8 Å². The Morgan fingerprint density at radius 2 is 1.92 bits per heavy atom. The van der Waals surface area contributed by atoms with E-state index in [2.05, 4.69) is 5.10 Å². The van der Waals surface area contributed by atoms with Crippen LogP contribution in [0.3, 0.4) is 0 Å². The second-order valence-corrected chi connectivity index (χ2v) is 9.09. The fourth-order valence-corrected chi connectivity index (χ4v) is 5.70. The molecule has 6 nitrogen and oxygen atoms in total. The number of benzene rings is 1. The van der Waals surface area contributed by atoms with Crippen molar-refractivity contribution >= 4 is 21.6 Å². The highest BCUT2D eigenvalue weighted by Crippen LogP contribution is 2.39. The smallest absolute Gasteiger partial charge is 0.246 e. The monoisotopic (exact) mass is 395 g/mol. The van der Waals surface area contributed by atoms with Crippen LogP contribution in [-0.4, -0.2) is 42.3 Å². The number of nitrogens with zero attached hydrogens (tertiary/aromatic N) is 3. The van der Waals surface area contributed by atoms with E-state index in [9.17, 15) is 8.42 Å². The summed E-state index contributed by atoms with van der Waals surface area (Å²) < 4.78 is 35.2. The summed E-state index contributed by atoms with van der Waals surface area (Å²) in [7, 11) is -3.61. The van der Waals surface area contributed by atoms with Crippen LogP contribution in [0.15, 0.2) is 41.6 Å². The van der Waals surface area contributed by atoms with E-state index in [1.807, 2.05) is 24.3 Å². The molecule has 26 heavy (non-hydrogen) atoms. The molecule has 2 aliphatic rings. The van der Waals surface area contributed by atoms with Crippen molar-refractivity contribution in [2.24, 2.45) is 0 Å². The minimum atomic E-state index is -3.61. The lowest BCUT2D eigenvalue weighted by molar-refractivity contribution is 0.0662. The van der Waals surface area contributed by atoms with Crippen LogP contribution in [0.5, 0.6) is 0 Å². The molecule has 0 radical (unpaired) electrons. The fraction of sp³-hybridized carbons (Fsp3) is 0.500. The molecule has 0 aliphatic carbocycles. The van der Waals surface area contributed by atoms with Gasteiger partial charge in [-0.25, -0.2) is 8.42 Å². The second kappa shape index (κ2) is 7.31. The minimum absolute atomic E-state index is 0.200. The Morgan fingerprint density at radius 1 is 1.15 bits per heavy atom. The lowest BCUT2D eigenvalue weighted by Gasteiger charge is -2.24. The van der Waals surface area contributed by atoms with Gasteiger partial charge in [-0.1, -0.05) is 29.8 Å². The van der Waals surface area contributed by atoms with Gasteiger partial charge in [0.25, 0.3) is 0 Å². The number of halogens is 1. The molecule has 0 saturated carbocycles. The van der Waals surface area contributed by atoms with Gasteiger partial charge in [0.15, 0.2) is 0 Å². The highest BCUT2D eigenvalue weighted by Gasteiger charge is 2.37. The largest absolute Gasteiger partial charge is 0.381 e. The van der Waals surface area contributed by atoms with Crippen molar-refractivity contribution in [2.75, 3.05) is 19.8 Å². The molecule has 4 rings (SSSR count). The zero-order valence-corrected chi connectivity index (χ0v) is 16.0. The predicted molar refractivity (Wildman–Crippen MR) is 98.6 cm³/mol. The van der Waals surface area contributed by atoms with Crippen molar-refractivity contribution in [2.45, 2.75) is 42.7 Å². The Labute approximate surface area is 158 Å². The number of sulfonamides is 1. The quantitative estimate of drug-likeness (QED) is 0.795. The molecular weight excluding hydrogens is 374 g/mol. The summed E-state index contributed by atoms with van der Waals surface area (Å²) in [5.74, 6) is 0. The summed E-state index contributed by atoms with van der Waals surface area (Å²) >= 11 is 6.32. The number of hydrogen-bond donors (Lipinski definition) is 0. The summed E-state index contributed by atoms with van der Waals surface area (Å²) in [6, 6.07) is 7.45. The molecule has 2 aromatic rings. The zero-order chi connectivity index (χ0) is 18.1. The first kappa shape index (κ1) is 18.0. The van der Waals surface area contributed by atoms with Gasteiger partial charge in [-0.3, -0.25) is 4.68 Å². The molecule has 1 aromatic carbocycles. The predicted octanol–water partition coefficient (Wildman–Crippen LogP) is 3.41. The average molecular weight is 396 g/mol. The SMILES string of the molecule is O=S(=O)(c1cnn(C2CCOCC2)c1)N1CCCC1c1ccccc1Cl. The molecule has 0 amide bonds. The maximum Gasteiger partial charge on any atom is 0.246 e. The molecule has 140 valence electrons. The standard InChI is InChI=1S/C18H22ClN3O3S/c19-17-5-2-1-4-16(17)18-6-3-9-22(18)26(23,24)15-12-20-21(13-15)14-7-10-25-11-8-14/h1-2,4-5,12-14,18H,3,6-11H2. The van der Waals surface area contributed by atoms with E-state index in [4.69, 9.17) is 16.3 Å². The second-order valence-electron chi connectivity index (χ2n) is 6.79. The average Bonchev–Trinajstić information content (AvgIpc) is 3.33. The van der Waals surface area contributed by atoms with Gasteiger partial charge in [0.05, 0.1) is 18.3 Å². The maximum atomic E-state index is 13.2. The molecule has 1 unspecified atom stereocenters. The van der Waals surface area contributed by atoms with Crippen LogP contribution < -0.4 is 0 Å². The molecule has 0 bridgehead atoms. The molecule has 2 aliphatic heterocycles. The third kappa shape index (κ3) is 3.29. The third-order valence-corrected chi connectivity index (χ3v) is 7.42. The van der Waals surface area contributed by atoms with E-state index < -0.39 is 10.0 Å². The van der Waals surface area contributed by atoms with Crippen molar-refractivity contribution in [1.29, 1.82) is 0 Å². The lowest BCUT2D eigenvalue weighted by atomic mass is 10.1. The molecule has 1 aromatic heterocycles. The molecule has 0 N–H and O–H groups in total. The molecular formula is C18H22ClN3O3S. The van der Waals surface area contributed by atoms with Gasteiger partial charge in [0.2, 0.25) is 10.0 Å². The zero-order valence-electron chi connectivity index (χ0n) is 14.4. The maximum absolute atomic E-state index is 13.2. The van der Waals surface area contributed by atoms with Crippen molar-refractivity contribution in [3.05, 3.63) is 47.2 Å². The molecule has 8 heteroatoms. The Kier molecular flexibility index (Phi) is 5.05. The Balaban J connectivity index is 1.61. The highest BCUT2D eigenvalue weighted by molar-refractivity contribution is 7.89. The normalized spacial score (nSPS) is 22.7. The van der Waals surface area contributed by atoms with Crippen LogP contribution in [0.1, 0.15) is 43.3 Å². The highest BCUT2D eigenvalue weighted by atomic mass is 35.5. The first-order chi connectivity index (χ1) is 12.6. The van der Waals surface area contributed by atoms with Crippen LogP contribution in [-0.2, 0) is 14.8 Å². The summed E-state index contributed by atoms with van der Waals surface area (Å²) in [5, 5.41) is 4.93. The van der Waals surface area contributed by atoms with Gasteiger partial charge in [0.1, 0.15) is 4.90 Å². The van der Waals surface area contributed by atoms with E-state index in [0.717, 1.165) is 31.2 Å².